The van der Waals surface area contributed by atoms with Crippen LogP contribution in [0.25, 0.3) is 5.57 Å². The molecule has 9 nitrogen and oxygen atoms in total. The summed E-state index contributed by atoms with van der Waals surface area (Å²) in [6, 6.07) is 7.36. The average molecular weight is 875 g/mol. The van der Waals surface area contributed by atoms with Crippen LogP contribution in [0.1, 0.15) is 170 Å². The van der Waals surface area contributed by atoms with Crippen molar-refractivity contribution in [2.45, 2.75) is 167 Å². The van der Waals surface area contributed by atoms with E-state index in [9.17, 15) is 18.3 Å². The third-order valence-electron chi connectivity index (χ3n) is 15.0. The molecule has 2 atom stereocenters. The SMILES string of the molecule is C=C(c1c(C)cc2c(c1N)CCC2)C1CC1.Cc1cc2c(c(N)c1[C@H](C)C1CC1)CCC2.Cc1cc2c(c(NC(=O)NS(=O)(=O)c3cc(C(C)(C)O)co3)c1[C@H](C)C1CC1)CCC2. The summed E-state index contributed by atoms with van der Waals surface area (Å²) in [5.74, 6) is 3.19. The number of carbonyl (C=O) groups is 1. The van der Waals surface area contributed by atoms with Crippen LogP contribution in [0.15, 0.2) is 46.6 Å². The second kappa shape index (κ2) is 17.4. The standard InChI is InChI=1S/C23H30N2O5S.C15H21N.C15H19N/c1-13-10-16-6-5-7-18(16)21(20(13)14(2)15-8-9-15)24-22(26)25-31(28,29)19-11-17(12-30-19)23(3,4)27;2*1-9-8-12-4-3-5-13(12)15(16)14(9)10(2)11-6-7-11/h10-12,14-15,27H,5-9H2,1-4H3,(H2,24,25,26);8,10-11H,3-7,16H2,1-2H3;8,11H,2-7,16H2,1H3/t14-;10-;/m11./s1. The van der Waals surface area contributed by atoms with Gasteiger partial charge in [-0.25, -0.2) is 9.52 Å². The van der Waals surface area contributed by atoms with E-state index in [1.165, 1.54) is 152 Å². The molecule has 1 aromatic heterocycles. The summed E-state index contributed by atoms with van der Waals surface area (Å²) in [5.41, 5.74) is 31.9. The molecule has 3 aromatic carbocycles. The van der Waals surface area contributed by atoms with Gasteiger partial charge in [0.1, 0.15) is 0 Å². The van der Waals surface area contributed by atoms with Crippen molar-refractivity contribution in [3.05, 3.63) is 109 Å². The second-order valence-electron chi connectivity index (χ2n) is 20.3. The average Bonchev–Trinajstić information content (AvgIpc) is 4.19. The van der Waals surface area contributed by atoms with E-state index < -0.39 is 26.7 Å². The van der Waals surface area contributed by atoms with Gasteiger partial charge in [0.15, 0.2) is 0 Å². The minimum Gasteiger partial charge on any atom is -0.451 e. The highest BCUT2D eigenvalue weighted by Gasteiger charge is 2.35. The van der Waals surface area contributed by atoms with Gasteiger partial charge in [-0.05, 0) is 227 Å². The van der Waals surface area contributed by atoms with Gasteiger partial charge in [-0.3, -0.25) is 0 Å². The molecule has 0 bridgehead atoms. The van der Waals surface area contributed by atoms with Crippen molar-refractivity contribution in [1.82, 2.24) is 4.72 Å². The molecule has 1 heterocycles. The molecule has 10 heteroatoms. The van der Waals surface area contributed by atoms with Crippen LogP contribution in [-0.4, -0.2) is 19.6 Å². The second-order valence-corrected chi connectivity index (χ2v) is 21.9. The fourth-order valence-corrected chi connectivity index (χ4v) is 11.8. The van der Waals surface area contributed by atoms with E-state index in [2.05, 4.69) is 69.4 Å². The van der Waals surface area contributed by atoms with Crippen LogP contribution in [0.4, 0.5) is 21.9 Å². The fourth-order valence-electron chi connectivity index (χ4n) is 10.9. The van der Waals surface area contributed by atoms with Crippen molar-refractivity contribution in [3.8, 4) is 0 Å². The van der Waals surface area contributed by atoms with Crippen molar-refractivity contribution >= 4 is 38.7 Å². The van der Waals surface area contributed by atoms with Gasteiger partial charge in [-0.15, -0.1) is 0 Å². The number of benzene rings is 3. The van der Waals surface area contributed by atoms with Crippen molar-refractivity contribution in [3.63, 3.8) is 0 Å². The Kier molecular flexibility index (Phi) is 12.5. The lowest BCUT2D eigenvalue weighted by Gasteiger charge is -2.23. The Hall–Kier alpha value is -4.54. The minimum atomic E-state index is -4.22. The Labute approximate surface area is 375 Å². The van der Waals surface area contributed by atoms with Crippen molar-refractivity contribution < 1.29 is 22.7 Å². The number of anilines is 3. The van der Waals surface area contributed by atoms with Crippen LogP contribution in [0.3, 0.4) is 0 Å². The van der Waals surface area contributed by atoms with Crippen molar-refractivity contribution in [1.29, 1.82) is 0 Å². The zero-order valence-corrected chi connectivity index (χ0v) is 39.5. The van der Waals surface area contributed by atoms with Crippen LogP contribution in [-0.2, 0) is 54.1 Å². The topological polar surface area (TPSA) is 161 Å². The number of fused-ring (bicyclic) bond motifs is 3. The van der Waals surface area contributed by atoms with Crippen LogP contribution in [0.5, 0.6) is 0 Å². The number of nitrogens with two attached hydrogens (primary N) is 2. The molecular formula is C53H70N4O5S. The zero-order chi connectivity index (χ0) is 45.1. The molecular weight excluding hydrogens is 805 g/mol. The van der Waals surface area contributed by atoms with E-state index in [4.69, 9.17) is 15.9 Å². The van der Waals surface area contributed by atoms with Crippen molar-refractivity contribution in [2.24, 2.45) is 17.8 Å². The molecule has 0 saturated heterocycles. The number of allylic oxidation sites excluding steroid dienone is 1. The normalized spacial score (nSPS) is 18.5. The number of sulfonamides is 1. The molecule has 0 radical (unpaired) electrons. The molecule has 338 valence electrons. The number of aryl methyl sites for hydroxylation is 6. The van der Waals surface area contributed by atoms with Crippen LogP contribution in [0.2, 0.25) is 0 Å². The lowest BCUT2D eigenvalue weighted by molar-refractivity contribution is 0.0779. The van der Waals surface area contributed by atoms with Gasteiger partial charge in [0.05, 0.1) is 11.9 Å². The van der Waals surface area contributed by atoms with Gasteiger partial charge >= 0.3 is 6.03 Å². The van der Waals surface area contributed by atoms with Gasteiger partial charge in [-0.1, -0.05) is 38.6 Å². The third-order valence-corrected chi connectivity index (χ3v) is 16.1. The molecule has 3 saturated carbocycles. The maximum atomic E-state index is 12.8. The largest absolute Gasteiger partial charge is 0.451 e. The molecule has 4 aromatic rings. The molecule has 0 aliphatic heterocycles. The summed E-state index contributed by atoms with van der Waals surface area (Å²) in [6.07, 6.45) is 19.2. The Bertz CT molecular complexity index is 2550. The maximum Gasteiger partial charge on any atom is 0.333 e. The number of furan rings is 1. The first-order valence-electron chi connectivity index (χ1n) is 23.6. The van der Waals surface area contributed by atoms with E-state index in [0.717, 1.165) is 65.4 Å². The number of nitrogens with one attached hydrogen (secondary N) is 2. The lowest BCUT2D eigenvalue weighted by Crippen LogP contribution is -2.35. The minimum absolute atomic E-state index is 0.303. The first-order chi connectivity index (χ1) is 29.8. The molecule has 2 amide bonds. The first kappa shape index (κ1) is 45.0. The van der Waals surface area contributed by atoms with Gasteiger partial charge in [0.2, 0.25) is 5.09 Å². The summed E-state index contributed by atoms with van der Waals surface area (Å²) >= 11 is 0. The summed E-state index contributed by atoms with van der Waals surface area (Å²) in [5, 5.41) is 12.5. The van der Waals surface area contributed by atoms with E-state index >= 15 is 0 Å². The third kappa shape index (κ3) is 9.49. The number of rotatable bonds is 10. The number of urea groups is 1. The van der Waals surface area contributed by atoms with E-state index in [-0.39, 0.29) is 0 Å². The number of carbonyl (C=O) groups excluding carboxylic acids is 1. The van der Waals surface area contributed by atoms with Gasteiger partial charge in [0.25, 0.3) is 10.0 Å². The quantitative estimate of drug-likeness (QED) is 0.0991. The Morgan fingerprint density at radius 1 is 0.746 bits per heavy atom. The highest BCUT2D eigenvalue weighted by molar-refractivity contribution is 7.89. The first-order valence-corrected chi connectivity index (χ1v) is 25.1. The fraction of sp³-hybridized carbons (Fsp3) is 0.528. The Balaban J connectivity index is 0.000000142. The predicted octanol–water partition coefficient (Wildman–Crippen LogP) is 11.4. The van der Waals surface area contributed by atoms with E-state index in [1.54, 1.807) is 0 Å². The van der Waals surface area contributed by atoms with Crippen LogP contribution < -0.4 is 21.5 Å². The van der Waals surface area contributed by atoms with Crippen molar-refractivity contribution in [2.75, 3.05) is 16.8 Å². The maximum absolute atomic E-state index is 12.8. The molecule has 7 N–H and O–H groups in total. The molecule has 63 heavy (non-hydrogen) atoms. The van der Waals surface area contributed by atoms with E-state index in [1.807, 2.05) is 0 Å². The van der Waals surface area contributed by atoms with Crippen LogP contribution >= 0.6 is 0 Å². The molecule has 6 aliphatic carbocycles. The molecule has 6 aliphatic rings. The lowest BCUT2D eigenvalue weighted by atomic mass is 9.87. The number of amides is 2. The number of aliphatic hydroxyl groups is 1. The predicted molar refractivity (Wildman–Crippen MR) is 256 cm³/mol. The van der Waals surface area contributed by atoms with E-state index in [0.29, 0.717) is 29.2 Å². The zero-order valence-electron chi connectivity index (χ0n) is 38.7. The summed E-state index contributed by atoms with van der Waals surface area (Å²) in [4.78, 5) is 12.8. The summed E-state index contributed by atoms with van der Waals surface area (Å²) in [7, 11) is -4.22. The Morgan fingerprint density at radius 3 is 1.76 bits per heavy atom. The van der Waals surface area contributed by atoms with Gasteiger partial charge in [0, 0.05) is 34.3 Å². The molecule has 10 rings (SSSR count). The highest BCUT2D eigenvalue weighted by Crippen LogP contribution is 2.49. The van der Waals surface area contributed by atoms with Gasteiger partial charge in [-0.2, -0.15) is 8.42 Å². The molecule has 3 fully saturated rings. The number of nitrogen functional groups attached to an aromatic ring is 2. The Morgan fingerprint density at radius 2 is 1.24 bits per heavy atom. The highest BCUT2D eigenvalue weighted by atomic mass is 32.2. The molecule has 0 spiro atoms. The number of hydrogen-bond donors (Lipinski definition) is 5. The molecule has 0 unspecified atom stereocenters. The van der Waals surface area contributed by atoms with Gasteiger partial charge < -0.3 is 26.3 Å². The summed E-state index contributed by atoms with van der Waals surface area (Å²) < 4.78 is 32.5. The number of hydrogen-bond acceptors (Lipinski definition) is 7. The monoisotopic (exact) mass is 875 g/mol. The summed E-state index contributed by atoms with van der Waals surface area (Å²) in [6.45, 7) is 18.3. The smallest absolute Gasteiger partial charge is 0.333 e. The van der Waals surface area contributed by atoms with Crippen LogP contribution in [0, 0.1) is 38.5 Å².